The molecule has 0 rings (SSSR count). The Morgan fingerprint density at radius 2 is 1.55 bits per heavy atom. The zero-order chi connectivity index (χ0) is 15.4. The zero-order valence-corrected chi connectivity index (χ0v) is 12.2. The predicted octanol–water partition coefficient (Wildman–Crippen LogP) is 1.40. The summed E-state index contributed by atoms with van der Waals surface area (Å²) in [6, 6.07) is -1.16. The van der Waals surface area contributed by atoms with E-state index in [2.05, 4.69) is 11.7 Å². The van der Waals surface area contributed by atoms with Crippen LogP contribution in [0.5, 0.6) is 0 Å². The Morgan fingerprint density at radius 3 is 2.10 bits per heavy atom. The average molecular weight is 286 g/mol. The maximum atomic E-state index is 11.4. The van der Waals surface area contributed by atoms with Crippen molar-refractivity contribution in [2.75, 3.05) is 0 Å². The molecule has 0 aliphatic rings. The van der Waals surface area contributed by atoms with Crippen LogP contribution in [0.15, 0.2) is 0 Å². The van der Waals surface area contributed by atoms with Crippen molar-refractivity contribution in [2.24, 2.45) is 11.5 Å². The van der Waals surface area contributed by atoms with Crippen LogP contribution in [-0.4, -0.2) is 23.9 Å². The molecule has 1 amide bonds. The molecular formula is C14H26N2O4. The average Bonchev–Trinajstić information content (AvgIpc) is 2.36. The first-order valence-electron chi connectivity index (χ1n) is 7.25. The zero-order valence-electron chi connectivity index (χ0n) is 12.2. The summed E-state index contributed by atoms with van der Waals surface area (Å²) in [5, 5.41) is 0. The molecular weight excluding hydrogens is 260 g/mol. The van der Waals surface area contributed by atoms with E-state index in [0.29, 0.717) is 6.42 Å². The first-order valence-corrected chi connectivity index (χ1v) is 7.25. The van der Waals surface area contributed by atoms with Crippen molar-refractivity contribution >= 4 is 17.8 Å². The van der Waals surface area contributed by atoms with Crippen molar-refractivity contribution < 1.29 is 19.1 Å². The summed E-state index contributed by atoms with van der Waals surface area (Å²) >= 11 is 0. The van der Waals surface area contributed by atoms with Gasteiger partial charge in [0.15, 0.2) is 0 Å². The second kappa shape index (κ2) is 11.4. The van der Waals surface area contributed by atoms with E-state index in [-0.39, 0.29) is 12.8 Å². The second-order valence-corrected chi connectivity index (χ2v) is 4.94. The van der Waals surface area contributed by atoms with Gasteiger partial charge in [0.2, 0.25) is 5.91 Å². The minimum absolute atomic E-state index is 0.197. The third-order valence-electron chi connectivity index (χ3n) is 2.92. The first kappa shape index (κ1) is 18.6. The van der Waals surface area contributed by atoms with Crippen LogP contribution in [-0.2, 0) is 19.1 Å². The summed E-state index contributed by atoms with van der Waals surface area (Å²) in [5.74, 6) is -2.19. The molecule has 0 fully saturated rings. The number of carbonyl (C=O) groups excluding carboxylic acids is 3. The lowest BCUT2D eigenvalue weighted by Crippen LogP contribution is -2.37. The van der Waals surface area contributed by atoms with Gasteiger partial charge in [-0.3, -0.25) is 9.59 Å². The summed E-state index contributed by atoms with van der Waals surface area (Å²) in [6.07, 6.45) is 7.46. The van der Waals surface area contributed by atoms with Gasteiger partial charge in [-0.05, 0) is 6.42 Å². The number of amides is 1. The van der Waals surface area contributed by atoms with Crippen LogP contribution in [0.2, 0.25) is 0 Å². The molecule has 0 heterocycles. The van der Waals surface area contributed by atoms with Crippen LogP contribution in [0.25, 0.3) is 0 Å². The molecule has 6 heteroatoms. The SMILES string of the molecule is CCCCCCCCCC(=O)OC(=O)[C@@H](N)CC(N)=O. The van der Waals surface area contributed by atoms with Crippen LogP contribution < -0.4 is 11.5 Å². The number of carbonyl (C=O) groups is 3. The molecule has 20 heavy (non-hydrogen) atoms. The lowest BCUT2D eigenvalue weighted by atomic mass is 10.1. The Morgan fingerprint density at radius 1 is 1.00 bits per heavy atom. The third kappa shape index (κ3) is 10.5. The lowest BCUT2D eigenvalue weighted by molar-refractivity contribution is -0.161. The molecule has 0 saturated carbocycles. The van der Waals surface area contributed by atoms with E-state index in [4.69, 9.17) is 11.5 Å². The normalized spacial score (nSPS) is 11.9. The van der Waals surface area contributed by atoms with Crippen molar-refractivity contribution in [3.8, 4) is 0 Å². The van der Waals surface area contributed by atoms with Crippen molar-refractivity contribution in [1.29, 1.82) is 0 Å². The molecule has 0 radical (unpaired) electrons. The van der Waals surface area contributed by atoms with Gasteiger partial charge in [-0.25, -0.2) is 4.79 Å². The van der Waals surface area contributed by atoms with Gasteiger partial charge >= 0.3 is 11.9 Å². The fourth-order valence-corrected chi connectivity index (χ4v) is 1.77. The Bertz CT molecular complexity index is 318. The smallest absolute Gasteiger partial charge is 0.331 e. The van der Waals surface area contributed by atoms with Crippen LogP contribution in [0.1, 0.15) is 64.7 Å². The van der Waals surface area contributed by atoms with Gasteiger partial charge in [0.05, 0.1) is 6.42 Å². The molecule has 0 bridgehead atoms. The van der Waals surface area contributed by atoms with Gasteiger partial charge in [0, 0.05) is 6.42 Å². The van der Waals surface area contributed by atoms with Crippen LogP contribution in [0.3, 0.4) is 0 Å². The maximum absolute atomic E-state index is 11.4. The molecule has 1 atom stereocenters. The second-order valence-electron chi connectivity index (χ2n) is 4.94. The molecule has 0 aromatic rings. The van der Waals surface area contributed by atoms with E-state index in [9.17, 15) is 14.4 Å². The Labute approximate surface area is 120 Å². The minimum atomic E-state index is -1.16. The van der Waals surface area contributed by atoms with Crippen LogP contribution >= 0.6 is 0 Å². The maximum Gasteiger partial charge on any atom is 0.331 e. The monoisotopic (exact) mass is 286 g/mol. The number of hydrogen-bond acceptors (Lipinski definition) is 5. The molecule has 4 N–H and O–H groups in total. The first-order chi connectivity index (χ1) is 9.47. The number of unbranched alkanes of at least 4 members (excludes halogenated alkanes) is 6. The largest absolute Gasteiger partial charge is 0.392 e. The van der Waals surface area contributed by atoms with E-state index in [1.54, 1.807) is 0 Å². The number of nitrogens with two attached hydrogens (primary N) is 2. The lowest BCUT2D eigenvalue weighted by Gasteiger charge is -2.08. The van der Waals surface area contributed by atoms with Gasteiger partial charge in [0.1, 0.15) is 6.04 Å². The Hall–Kier alpha value is -1.43. The standard InChI is InChI=1S/C14H26N2O4/c1-2-3-4-5-6-7-8-9-13(18)20-14(19)11(15)10-12(16)17/h11H,2-10,15H2,1H3,(H2,16,17)/t11-/m0/s1. The molecule has 116 valence electrons. The van der Waals surface area contributed by atoms with Crippen LogP contribution in [0.4, 0.5) is 0 Å². The molecule has 0 aromatic heterocycles. The highest BCUT2D eigenvalue weighted by Gasteiger charge is 2.20. The van der Waals surface area contributed by atoms with Crippen LogP contribution in [0, 0.1) is 0 Å². The molecule has 0 unspecified atom stereocenters. The highest BCUT2D eigenvalue weighted by Crippen LogP contribution is 2.09. The molecule has 0 aliphatic carbocycles. The van der Waals surface area contributed by atoms with Crippen molar-refractivity contribution in [3.05, 3.63) is 0 Å². The molecule has 6 nitrogen and oxygen atoms in total. The topological polar surface area (TPSA) is 112 Å². The fourth-order valence-electron chi connectivity index (χ4n) is 1.77. The number of ether oxygens (including phenoxy) is 1. The number of hydrogen-bond donors (Lipinski definition) is 2. The number of primary amides is 1. The fraction of sp³-hybridized carbons (Fsp3) is 0.786. The van der Waals surface area contributed by atoms with E-state index >= 15 is 0 Å². The van der Waals surface area contributed by atoms with Gasteiger partial charge in [-0.1, -0.05) is 45.4 Å². The van der Waals surface area contributed by atoms with E-state index in [1.165, 1.54) is 25.7 Å². The quantitative estimate of drug-likeness (QED) is 0.338. The summed E-state index contributed by atoms with van der Waals surface area (Å²) in [6.45, 7) is 2.16. The molecule has 0 aromatic carbocycles. The minimum Gasteiger partial charge on any atom is -0.392 e. The molecule has 0 saturated heterocycles. The van der Waals surface area contributed by atoms with E-state index < -0.39 is 23.9 Å². The molecule has 0 aliphatic heterocycles. The van der Waals surface area contributed by atoms with Gasteiger partial charge in [0.25, 0.3) is 0 Å². The number of rotatable bonds is 11. The summed E-state index contributed by atoms with van der Waals surface area (Å²) in [7, 11) is 0. The van der Waals surface area contributed by atoms with Crippen molar-refractivity contribution in [2.45, 2.75) is 70.8 Å². The predicted molar refractivity (Wildman–Crippen MR) is 75.5 cm³/mol. The van der Waals surface area contributed by atoms with Crippen molar-refractivity contribution in [3.63, 3.8) is 0 Å². The highest BCUT2D eigenvalue weighted by atomic mass is 16.6. The summed E-state index contributed by atoms with van der Waals surface area (Å²) < 4.78 is 4.55. The van der Waals surface area contributed by atoms with Crippen molar-refractivity contribution in [1.82, 2.24) is 0 Å². The summed E-state index contributed by atoms with van der Waals surface area (Å²) in [4.78, 5) is 33.3. The summed E-state index contributed by atoms with van der Waals surface area (Å²) in [5.41, 5.74) is 10.3. The van der Waals surface area contributed by atoms with E-state index in [0.717, 1.165) is 12.8 Å². The van der Waals surface area contributed by atoms with E-state index in [1.807, 2.05) is 0 Å². The highest BCUT2D eigenvalue weighted by molar-refractivity contribution is 5.91. The Kier molecular flexibility index (Phi) is 10.6. The van der Waals surface area contributed by atoms with Gasteiger partial charge in [-0.2, -0.15) is 0 Å². The van der Waals surface area contributed by atoms with Gasteiger partial charge < -0.3 is 16.2 Å². The number of esters is 2. The van der Waals surface area contributed by atoms with Gasteiger partial charge in [-0.15, -0.1) is 0 Å². The molecule has 0 spiro atoms. The Balaban J connectivity index is 3.62. The third-order valence-corrected chi connectivity index (χ3v) is 2.92.